The highest BCUT2D eigenvalue weighted by Crippen LogP contribution is 2.25. The number of halogens is 2. The molecule has 0 aliphatic rings. The van der Waals surface area contributed by atoms with Gasteiger partial charge < -0.3 is 0 Å². The Kier molecular flexibility index (Phi) is 6.43. The molecule has 28 heavy (non-hydrogen) atoms. The zero-order valence-corrected chi connectivity index (χ0v) is 19.0. The van der Waals surface area contributed by atoms with E-state index in [2.05, 4.69) is 51.3 Å². The lowest BCUT2D eigenvalue weighted by Crippen LogP contribution is -2.16. The normalized spacial score (nSPS) is 12.9. The van der Waals surface area contributed by atoms with Gasteiger partial charge in [-0.3, -0.25) is 4.99 Å². The summed E-state index contributed by atoms with van der Waals surface area (Å²) in [6, 6.07) is 12.1. The third-order valence-corrected chi connectivity index (χ3v) is 5.81. The van der Waals surface area contributed by atoms with Gasteiger partial charge in [0.05, 0.1) is 16.4 Å². The van der Waals surface area contributed by atoms with Crippen LogP contribution in [0.1, 0.15) is 37.5 Å². The minimum atomic E-state index is 0.173. The molecule has 0 spiro atoms. The molecule has 0 N–H and O–H groups in total. The van der Waals surface area contributed by atoms with Crippen molar-refractivity contribution >= 4 is 40.3 Å². The summed E-state index contributed by atoms with van der Waals surface area (Å²) in [7, 11) is 0. The Hall–Kier alpha value is -1.88. The number of aromatic nitrogens is 1. The fourth-order valence-electron chi connectivity index (χ4n) is 2.79. The lowest BCUT2D eigenvalue weighted by Gasteiger charge is -2.09. The Bertz CT molecular complexity index is 1110. The monoisotopic (exact) mass is 431 g/mol. The van der Waals surface area contributed by atoms with Crippen molar-refractivity contribution in [3.05, 3.63) is 73.3 Å². The molecule has 1 aromatic heterocycles. The van der Waals surface area contributed by atoms with Crippen LogP contribution in [-0.4, -0.2) is 16.4 Å². The summed E-state index contributed by atoms with van der Waals surface area (Å²) in [5.74, 6) is 0. The first-order valence-electron chi connectivity index (χ1n) is 9.09. The van der Waals surface area contributed by atoms with Crippen LogP contribution in [0.4, 0.5) is 0 Å². The van der Waals surface area contributed by atoms with Crippen molar-refractivity contribution in [1.82, 2.24) is 4.68 Å². The largest absolute Gasteiger partial charge is 0.255 e. The average Bonchev–Trinajstić information content (AvgIpc) is 2.99. The van der Waals surface area contributed by atoms with Crippen LogP contribution in [0.15, 0.2) is 51.9 Å². The molecule has 0 aliphatic heterocycles. The molecule has 6 heteroatoms. The van der Waals surface area contributed by atoms with E-state index in [1.54, 1.807) is 17.4 Å². The first-order chi connectivity index (χ1) is 13.3. The van der Waals surface area contributed by atoms with Gasteiger partial charge in [0.25, 0.3) is 0 Å². The topological polar surface area (TPSA) is 29.6 Å². The van der Waals surface area contributed by atoms with Crippen LogP contribution < -0.4 is 4.80 Å². The van der Waals surface area contributed by atoms with Gasteiger partial charge in [-0.2, -0.15) is 5.10 Å². The van der Waals surface area contributed by atoms with E-state index >= 15 is 0 Å². The summed E-state index contributed by atoms with van der Waals surface area (Å²) in [4.78, 5) is 5.60. The maximum absolute atomic E-state index is 6.39. The van der Waals surface area contributed by atoms with Crippen molar-refractivity contribution in [3.63, 3.8) is 0 Å². The average molecular weight is 432 g/mol. The van der Waals surface area contributed by atoms with Crippen LogP contribution in [0, 0.1) is 13.8 Å². The predicted molar refractivity (Wildman–Crippen MR) is 122 cm³/mol. The number of benzene rings is 2. The van der Waals surface area contributed by atoms with Crippen LogP contribution in [-0.2, 0) is 0 Å². The Morgan fingerprint density at radius 2 is 1.79 bits per heavy atom. The molecule has 0 radical (unpaired) electrons. The van der Waals surface area contributed by atoms with E-state index in [-0.39, 0.29) is 6.04 Å². The standard InChI is InChI=1S/C22H23Cl2N3S/c1-13(2)25-22-27(26-16(5)19-9-8-18(23)11-20(19)24)21(12-28-22)17-7-6-14(3)15(4)10-17/h6-13H,1-5H3/b25-22?,26-16+. The van der Waals surface area contributed by atoms with Gasteiger partial charge in [-0.15, -0.1) is 11.3 Å². The lowest BCUT2D eigenvalue weighted by atomic mass is 10.1. The van der Waals surface area contributed by atoms with E-state index in [1.807, 2.05) is 23.7 Å². The smallest absolute Gasteiger partial charge is 0.206 e. The van der Waals surface area contributed by atoms with Crippen LogP contribution in [0.25, 0.3) is 11.3 Å². The summed E-state index contributed by atoms with van der Waals surface area (Å²) in [6.45, 7) is 10.3. The van der Waals surface area contributed by atoms with Crippen molar-refractivity contribution in [3.8, 4) is 11.3 Å². The van der Waals surface area contributed by atoms with Crippen LogP contribution in [0.5, 0.6) is 0 Å². The quantitative estimate of drug-likeness (QED) is 0.410. The van der Waals surface area contributed by atoms with E-state index in [1.165, 1.54) is 11.1 Å². The third-order valence-electron chi connectivity index (χ3n) is 4.43. The molecule has 3 rings (SSSR count). The molecule has 1 heterocycles. The van der Waals surface area contributed by atoms with E-state index < -0.39 is 0 Å². The molecular formula is C22H23Cl2N3S. The van der Waals surface area contributed by atoms with Crippen molar-refractivity contribution in [1.29, 1.82) is 0 Å². The fourth-order valence-corrected chi connectivity index (χ4v) is 4.30. The maximum atomic E-state index is 6.39. The van der Waals surface area contributed by atoms with Crippen molar-refractivity contribution < 1.29 is 0 Å². The second kappa shape index (κ2) is 8.64. The van der Waals surface area contributed by atoms with Crippen molar-refractivity contribution in [2.45, 2.75) is 40.7 Å². The van der Waals surface area contributed by atoms with E-state index in [0.29, 0.717) is 10.0 Å². The van der Waals surface area contributed by atoms with E-state index in [0.717, 1.165) is 27.3 Å². The van der Waals surface area contributed by atoms with Gasteiger partial charge in [-0.1, -0.05) is 41.4 Å². The summed E-state index contributed by atoms with van der Waals surface area (Å²) in [6.07, 6.45) is 0. The number of aryl methyl sites for hydroxylation is 2. The van der Waals surface area contributed by atoms with Crippen molar-refractivity contribution in [2.24, 2.45) is 10.1 Å². The van der Waals surface area contributed by atoms with Gasteiger partial charge >= 0.3 is 0 Å². The molecule has 2 aromatic carbocycles. The van der Waals surface area contributed by atoms with Crippen LogP contribution in [0.3, 0.4) is 0 Å². The summed E-state index contributed by atoms with van der Waals surface area (Å²) in [5.41, 5.74) is 6.30. The molecule has 0 saturated heterocycles. The highest BCUT2D eigenvalue weighted by molar-refractivity contribution is 7.07. The first-order valence-corrected chi connectivity index (χ1v) is 10.7. The molecule has 0 aliphatic carbocycles. The van der Waals surface area contributed by atoms with Crippen LogP contribution in [0.2, 0.25) is 10.0 Å². The maximum Gasteiger partial charge on any atom is 0.206 e. The Balaban J connectivity index is 2.20. The molecule has 0 bridgehead atoms. The Labute approximate surface area is 180 Å². The van der Waals surface area contributed by atoms with Crippen LogP contribution >= 0.6 is 34.5 Å². The minimum Gasteiger partial charge on any atom is -0.255 e. The van der Waals surface area contributed by atoms with Gasteiger partial charge in [0.15, 0.2) is 0 Å². The lowest BCUT2D eigenvalue weighted by molar-refractivity contribution is 0.753. The zero-order chi connectivity index (χ0) is 20.4. The van der Waals surface area contributed by atoms with E-state index in [9.17, 15) is 0 Å². The molecule has 3 aromatic rings. The molecular weight excluding hydrogens is 409 g/mol. The van der Waals surface area contributed by atoms with Gasteiger partial charge in [0.1, 0.15) is 0 Å². The number of nitrogens with zero attached hydrogens (tertiary/aromatic N) is 3. The van der Waals surface area contributed by atoms with E-state index in [4.69, 9.17) is 33.3 Å². The molecule has 0 fully saturated rings. The molecule has 0 amide bonds. The minimum absolute atomic E-state index is 0.173. The number of rotatable bonds is 4. The van der Waals surface area contributed by atoms with Gasteiger partial charge in [-0.25, -0.2) is 4.68 Å². The summed E-state index contributed by atoms with van der Waals surface area (Å²) < 4.78 is 1.91. The van der Waals surface area contributed by atoms with Gasteiger partial charge in [0.2, 0.25) is 4.80 Å². The number of hydrogen-bond donors (Lipinski definition) is 0. The first kappa shape index (κ1) is 20.8. The predicted octanol–water partition coefficient (Wildman–Crippen LogP) is 6.72. The zero-order valence-electron chi connectivity index (χ0n) is 16.6. The van der Waals surface area contributed by atoms with Crippen molar-refractivity contribution in [2.75, 3.05) is 0 Å². The summed E-state index contributed by atoms with van der Waals surface area (Å²) >= 11 is 14.0. The molecule has 0 saturated carbocycles. The number of hydrogen-bond acceptors (Lipinski definition) is 3. The summed E-state index contributed by atoms with van der Waals surface area (Å²) in [5, 5.41) is 8.18. The molecule has 3 nitrogen and oxygen atoms in total. The molecule has 0 atom stereocenters. The highest BCUT2D eigenvalue weighted by atomic mass is 35.5. The number of thiazole rings is 1. The molecule has 0 unspecified atom stereocenters. The SMILES string of the molecule is C/C(=N\n1c(-c2ccc(C)c(C)c2)csc1=NC(C)C)c1ccc(Cl)cc1Cl. The Morgan fingerprint density at radius 1 is 1.04 bits per heavy atom. The second-order valence-electron chi connectivity index (χ2n) is 7.05. The molecule has 146 valence electrons. The Morgan fingerprint density at radius 3 is 2.43 bits per heavy atom. The second-order valence-corrected chi connectivity index (χ2v) is 8.73. The third kappa shape index (κ3) is 4.57. The van der Waals surface area contributed by atoms with Gasteiger partial charge in [-0.05, 0) is 63.9 Å². The fraction of sp³-hybridized carbons (Fsp3) is 0.273. The highest BCUT2D eigenvalue weighted by Gasteiger charge is 2.11. The van der Waals surface area contributed by atoms with Gasteiger partial charge in [0, 0.05) is 27.6 Å².